The van der Waals surface area contributed by atoms with E-state index in [1.165, 1.54) is 0 Å². The zero-order valence-electron chi connectivity index (χ0n) is 7.90. The average molecular weight is 205 g/mol. The number of hydrogen-bond acceptors (Lipinski definition) is 3. The van der Waals surface area contributed by atoms with Crippen molar-refractivity contribution in [1.82, 2.24) is 4.98 Å². The summed E-state index contributed by atoms with van der Waals surface area (Å²) in [5.74, 6) is 1.19. The molecule has 2 nitrogen and oxygen atoms in total. The van der Waals surface area contributed by atoms with Gasteiger partial charge in [-0.3, -0.25) is 0 Å². The molecule has 2 rings (SSSR count). The highest BCUT2D eigenvalue weighted by atomic mass is 32.2. The summed E-state index contributed by atoms with van der Waals surface area (Å²) in [6, 6.07) is 9.56. The largest absolute Gasteiger partial charge is 0.505 e. The highest BCUT2D eigenvalue weighted by Gasteiger charge is 2.04. The van der Waals surface area contributed by atoms with Gasteiger partial charge in [-0.1, -0.05) is 25.1 Å². The van der Waals surface area contributed by atoms with Crippen LogP contribution in [0.2, 0.25) is 0 Å². The van der Waals surface area contributed by atoms with E-state index < -0.39 is 0 Å². The van der Waals surface area contributed by atoms with E-state index in [-0.39, 0.29) is 5.75 Å². The molecule has 0 atom stereocenters. The Morgan fingerprint density at radius 1 is 1.36 bits per heavy atom. The van der Waals surface area contributed by atoms with Gasteiger partial charge in [-0.05, 0) is 17.9 Å². The van der Waals surface area contributed by atoms with Crippen molar-refractivity contribution in [2.45, 2.75) is 11.9 Å². The van der Waals surface area contributed by atoms with Crippen LogP contribution in [0.5, 0.6) is 5.75 Å². The SMILES string of the molecule is CCSc1nc2ccccc2cc1O. The fourth-order valence-electron chi connectivity index (χ4n) is 1.33. The smallest absolute Gasteiger partial charge is 0.148 e. The summed E-state index contributed by atoms with van der Waals surface area (Å²) in [6.45, 7) is 2.04. The molecule has 0 amide bonds. The first-order chi connectivity index (χ1) is 6.81. The van der Waals surface area contributed by atoms with Gasteiger partial charge in [-0.15, -0.1) is 11.8 Å². The fourth-order valence-corrected chi connectivity index (χ4v) is 1.97. The predicted molar refractivity (Wildman–Crippen MR) is 59.8 cm³/mol. The molecule has 0 saturated heterocycles. The minimum atomic E-state index is 0.274. The Bertz CT molecular complexity index is 456. The predicted octanol–water partition coefficient (Wildman–Crippen LogP) is 3.05. The molecule has 1 heterocycles. The van der Waals surface area contributed by atoms with Crippen LogP contribution in [0, 0.1) is 0 Å². The van der Waals surface area contributed by atoms with Crippen molar-refractivity contribution in [2.24, 2.45) is 0 Å². The van der Waals surface area contributed by atoms with Gasteiger partial charge < -0.3 is 5.11 Å². The first kappa shape index (κ1) is 9.34. The van der Waals surface area contributed by atoms with E-state index >= 15 is 0 Å². The number of pyridine rings is 1. The quantitative estimate of drug-likeness (QED) is 0.765. The number of nitrogens with zero attached hydrogens (tertiary/aromatic N) is 1. The lowest BCUT2D eigenvalue weighted by Crippen LogP contribution is -1.84. The highest BCUT2D eigenvalue weighted by Crippen LogP contribution is 2.29. The van der Waals surface area contributed by atoms with Crippen LogP contribution in [0.25, 0.3) is 10.9 Å². The second kappa shape index (κ2) is 3.88. The van der Waals surface area contributed by atoms with E-state index in [9.17, 15) is 5.11 Å². The Morgan fingerprint density at radius 3 is 2.93 bits per heavy atom. The first-order valence-electron chi connectivity index (χ1n) is 4.53. The Labute approximate surface area is 87.0 Å². The number of rotatable bonds is 2. The van der Waals surface area contributed by atoms with Crippen LogP contribution in [-0.2, 0) is 0 Å². The molecule has 0 aliphatic heterocycles. The summed E-state index contributed by atoms with van der Waals surface area (Å²) in [5.41, 5.74) is 0.932. The number of benzene rings is 1. The molecule has 1 aromatic carbocycles. The van der Waals surface area contributed by atoms with Gasteiger partial charge in [0, 0.05) is 5.39 Å². The van der Waals surface area contributed by atoms with Crippen molar-refractivity contribution in [1.29, 1.82) is 0 Å². The second-order valence-corrected chi connectivity index (χ2v) is 4.19. The van der Waals surface area contributed by atoms with Crippen LogP contribution in [0.15, 0.2) is 35.4 Å². The Kier molecular flexibility index (Phi) is 2.59. The molecule has 0 bridgehead atoms. The molecule has 0 aliphatic carbocycles. The van der Waals surface area contributed by atoms with Gasteiger partial charge in [0.15, 0.2) is 0 Å². The monoisotopic (exact) mass is 205 g/mol. The molecule has 0 spiro atoms. The zero-order valence-corrected chi connectivity index (χ0v) is 8.71. The highest BCUT2D eigenvalue weighted by molar-refractivity contribution is 7.99. The fraction of sp³-hybridized carbons (Fsp3) is 0.182. The molecular formula is C11H11NOS. The second-order valence-electron chi connectivity index (χ2n) is 2.94. The minimum Gasteiger partial charge on any atom is -0.505 e. The summed E-state index contributed by atoms with van der Waals surface area (Å²) in [7, 11) is 0. The Morgan fingerprint density at radius 2 is 2.14 bits per heavy atom. The molecule has 0 aliphatic rings. The van der Waals surface area contributed by atoms with Crippen molar-refractivity contribution >= 4 is 22.7 Å². The number of aromatic hydroxyl groups is 1. The van der Waals surface area contributed by atoms with Gasteiger partial charge in [-0.2, -0.15) is 0 Å². The van der Waals surface area contributed by atoms with Gasteiger partial charge >= 0.3 is 0 Å². The molecule has 0 saturated carbocycles. The van der Waals surface area contributed by atoms with Gasteiger partial charge in [0.25, 0.3) is 0 Å². The van der Waals surface area contributed by atoms with Crippen LogP contribution < -0.4 is 0 Å². The molecule has 0 fully saturated rings. The Hall–Kier alpha value is -1.22. The van der Waals surface area contributed by atoms with Gasteiger partial charge in [-0.25, -0.2) is 4.98 Å². The molecule has 0 unspecified atom stereocenters. The van der Waals surface area contributed by atoms with Crippen molar-refractivity contribution < 1.29 is 5.11 Å². The third-order valence-electron chi connectivity index (χ3n) is 1.95. The Balaban J connectivity index is 2.59. The van der Waals surface area contributed by atoms with E-state index in [2.05, 4.69) is 4.98 Å². The molecule has 1 N–H and O–H groups in total. The summed E-state index contributed by atoms with van der Waals surface area (Å²) in [4.78, 5) is 4.38. The minimum absolute atomic E-state index is 0.274. The molecule has 1 aromatic heterocycles. The van der Waals surface area contributed by atoms with Crippen molar-refractivity contribution in [3.05, 3.63) is 30.3 Å². The summed E-state index contributed by atoms with van der Waals surface area (Å²) < 4.78 is 0. The average Bonchev–Trinajstić information content (AvgIpc) is 2.19. The van der Waals surface area contributed by atoms with Crippen molar-refractivity contribution in [3.63, 3.8) is 0 Å². The normalized spacial score (nSPS) is 10.6. The van der Waals surface area contributed by atoms with Gasteiger partial charge in [0.1, 0.15) is 10.8 Å². The van der Waals surface area contributed by atoms with Gasteiger partial charge in [0.05, 0.1) is 5.52 Å². The number of hydrogen-bond donors (Lipinski definition) is 1. The lowest BCUT2D eigenvalue weighted by Gasteiger charge is -2.03. The maximum absolute atomic E-state index is 9.66. The van der Waals surface area contributed by atoms with Crippen LogP contribution >= 0.6 is 11.8 Å². The third kappa shape index (κ3) is 1.68. The number of fused-ring (bicyclic) bond motifs is 1. The van der Waals surface area contributed by atoms with Crippen LogP contribution in [-0.4, -0.2) is 15.8 Å². The van der Waals surface area contributed by atoms with E-state index in [0.29, 0.717) is 5.03 Å². The van der Waals surface area contributed by atoms with Crippen molar-refractivity contribution in [2.75, 3.05) is 5.75 Å². The maximum atomic E-state index is 9.66. The molecule has 3 heteroatoms. The van der Waals surface area contributed by atoms with Crippen LogP contribution in [0.4, 0.5) is 0 Å². The standard InChI is InChI=1S/C11H11NOS/c1-2-14-11-10(13)7-8-5-3-4-6-9(8)12-11/h3-7,13H,2H2,1H3. The first-order valence-corrected chi connectivity index (χ1v) is 5.51. The third-order valence-corrected chi connectivity index (χ3v) is 2.81. The maximum Gasteiger partial charge on any atom is 0.148 e. The molecule has 2 aromatic rings. The zero-order chi connectivity index (χ0) is 9.97. The molecule has 72 valence electrons. The van der Waals surface area contributed by atoms with Crippen LogP contribution in [0.1, 0.15) is 6.92 Å². The summed E-state index contributed by atoms with van der Waals surface area (Å²) >= 11 is 1.56. The summed E-state index contributed by atoms with van der Waals surface area (Å²) in [6.07, 6.45) is 0. The van der Waals surface area contributed by atoms with Crippen LogP contribution in [0.3, 0.4) is 0 Å². The topological polar surface area (TPSA) is 33.1 Å². The van der Waals surface area contributed by atoms with E-state index in [1.54, 1.807) is 17.8 Å². The molecular weight excluding hydrogens is 194 g/mol. The van der Waals surface area contributed by atoms with Crippen molar-refractivity contribution in [3.8, 4) is 5.75 Å². The lowest BCUT2D eigenvalue weighted by atomic mass is 10.2. The number of thioether (sulfide) groups is 1. The van der Waals surface area contributed by atoms with Gasteiger partial charge in [0.2, 0.25) is 0 Å². The van der Waals surface area contributed by atoms with E-state index in [4.69, 9.17) is 0 Å². The molecule has 0 radical (unpaired) electrons. The van der Waals surface area contributed by atoms with E-state index in [1.807, 2.05) is 31.2 Å². The number of aromatic nitrogens is 1. The lowest BCUT2D eigenvalue weighted by molar-refractivity contribution is 0.458. The van der Waals surface area contributed by atoms with E-state index in [0.717, 1.165) is 16.7 Å². The molecule has 14 heavy (non-hydrogen) atoms. The summed E-state index contributed by atoms with van der Waals surface area (Å²) in [5, 5.41) is 11.3. The number of para-hydroxylation sites is 1.